The predicted molar refractivity (Wildman–Crippen MR) is 81.4 cm³/mol. The molecule has 1 aromatic heterocycles. The third-order valence-corrected chi connectivity index (χ3v) is 3.74. The first-order valence-electron chi connectivity index (χ1n) is 7.48. The van der Waals surface area contributed by atoms with Gasteiger partial charge in [-0.3, -0.25) is 4.79 Å². The summed E-state index contributed by atoms with van der Waals surface area (Å²) in [6, 6.07) is 1.73. The maximum Gasteiger partial charge on any atom is 0.272 e. The van der Waals surface area contributed by atoms with Crippen LogP contribution in [0, 0.1) is 12.8 Å². The fourth-order valence-corrected chi connectivity index (χ4v) is 2.42. The number of rotatable bonds is 5. The molecule has 0 atom stereocenters. The number of nitrogens with one attached hydrogen (secondary N) is 1. The second-order valence-electron chi connectivity index (χ2n) is 5.58. The standard InChI is InChI=1S/C15H24N4O2/c1-11-4-7-19(8-5-11)15(20)13-10-14(16-6-9-21-3)18-12(2)17-13/h10-11H,4-9H2,1-3H3,(H,16,17,18). The van der Waals surface area contributed by atoms with E-state index < -0.39 is 0 Å². The van der Waals surface area contributed by atoms with Crippen LogP contribution in [0.15, 0.2) is 6.07 Å². The molecule has 0 aromatic carbocycles. The van der Waals surface area contributed by atoms with E-state index in [0.717, 1.165) is 25.9 Å². The molecule has 1 aliphatic rings. The van der Waals surface area contributed by atoms with Gasteiger partial charge in [-0.2, -0.15) is 0 Å². The van der Waals surface area contributed by atoms with Gasteiger partial charge >= 0.3 is 0 Å². The number of aryl methyl sites for hydroxylation is 1. The number of amides is 1. The summed E-state index contributed by atoms with van der Waals surface area (Å²) in [6.45, 7) is 6.91. The number of anilines is 1. The van der Waals surface area contributed by atoms with Crippen molar-refractivity contribution in [3.8, 4) is 0 Å². The molecule has 1 fully saturated rings. The van der Waals surface area contributed by atoms with Crippen molar-refractivity contribution in [1.82, 2.24) is 14.9 Å². The minimum absolute atomic E-state index is 0.00203. The summed E-state index contributed by atoms with van der Waals surface area (Å²) < 4.78 is 5.00. The zero-order valence-electron chi connectivity index (χ0n) is 13.1. The summed E-state index contributed by atoms with van der Waals surface area (Å²) in [4.78, 5) is 23.0. The molecule has 21 heavy (non-hydrogen) atoms. The van der Waals surface area contributed by atoms with Crippen LogP contribution in [0.1, 0.15) is 36.1 Å². The summed E-state index contributed by atoms with van der Waals surface area (Å²) in [7, 11) is 1.65. The number of hydrogen-bond donors (Lipinski definition) is 1. The zero-order valence-corrected chi connectivity index (χ0v) is 13.1. The number of hydrogen-bond acceptors (Lipinski definition) is 5. The Bertz CT molecular complexity index is 485. The van der Waals surface area contributed by atoms with Crippen LogP contribution in [-0.2, 0) is 4.74 Å². The molecule has 0 radical (unpaired) electrons. The number of carbonyl (C=O) groups is 1. The first-order chi connectivity index (χ1) is 10.1. The lowest BCUT2D eigenvalue weighted by Gasteiger charge is -2.30. The highest BCUT2D eigenvalue weighted by Gasteiger charge is 2.23. The zero-order chi connectivity index (χ0) is 15.2. The fourth-order valence-electron chi connectivity index (χ4n) is 2.42. The van der Waals surface area contributed by atoms with Crippen molar-refractivity contribution in [1.29, 1.82) is 0 Å². The van der Waals surface area contributed by atoms with Crippen molar-refractivity contribution < 1.29 is 9.53 Å². The van der Waals surface area contributed by atoms with E-state index in [0.29, 0.717) is 36.4 Å². The van der Waals surface area contributed by atoms with Crippen LogP contribution in [0.3, 0.4) is 0 Å². The number of nitrogens with zero attached hydrogens (tertiary/aromatic N) is 3. The van der Waals surface area contributed by atoms with E-state index in [9.17, 15) is 4.79 Å². The first-order valence-corrected chi connectivity index (χ1v) is 7.48. The summed E-state index contributed by atoms with van der Waals surface area (Å²) in [5.41, 5.74) is 0.469. The van der Waals surface area contributed by atoms with Crippen LogP contribution in [0.4, 0.5) is 5.82 Å². The highest BCUT2D eigenvalue weighted by atomic mass is 16.5. The van der Waals surface area contributed by atoms with Gasteiger partial charge in [-0.05, 0) is 25.7 Å². The van der Waals surface area contributed by atoms with Gasteiger partial charge in [0, 0.05) is 32.8 Å². The van der Waals surface area contributed by atoms with Gasteiger partial charge in [0.15, 0.2) is 0 Å². The topological polar surface area (TPSA) is 67.3 Å². The van der Waals surface area contributed by atoms with E-state index in [1.54, 1.807) is 20.1 Å². The van der Waals surface area contributed by atoms with Gasteiger partial charge in [0.25, 0.3) is 5.91 Å². The average Bonchev–Trinajstić information content (AvgIpc) is 2.47. The van der Waals surface area contributed by atoms with Crippen LogP contribution in [0.5, 0.6) is 0 Å². The third kappa shape index (κ3) is 4.39. The van der Waals surface area contributed by atoms with Crippen molar-refractivity contribution in [2.24, 2.45) is 5.92 Å². The Hall–Kier alpha value is -1.69. The quantitative estimate of drug-likeness (QED) is 0.837. The minimum Gasteiger partial charge on any atom is -0.383 e. The number of aromatic nitrogens is 2. The molecule has 0 saturated carbocycles. The summed E-state index contributed by atoms with van der Waals surface area (Å²) in [5, 5.41) is 3.14. The van der Waals surface area contributed by atoms with E-state index in [-0.39, 0.29) is 5.91 Å². The SMILES string of the molecule is COCCNc1cc(C(=O)N2CCC(C)CC2)nc(C)n1. The molecule has 0 unspecified atom stereocenters. The second kappa shape index (κ2) is 7.36. The monoisotopic (exact) mass is 292 g/mol. The molecule has 1 saturated heterocycles. The van der Waals surface area contributed by atoms with Gasteiger partial charge in [0.2, 0.25) is 0 Å². The van der Waals surface area contributed by atoms with Gasteiger partial charge in [-0.25, -0.2) is 9.97 Å². The summed E-state index contributed by atoms with van der Waals surface area (Å²) in [5.74, 6) is 1.98. The number of carbonyl (C=O) groups excluding carboxylic acids is 1. The molecule has 6 nitrogen and oxygen atoms in total. The van der Waals surface area contributed by atoms with Crippen LogP contribution >= 0.6 is 0 Å². The number of methoxy groups -OCH3 is 1. The van der Waals surface area contributed by atoms with E-state index in [1.165, 1.54) is 0 Å². The Balaban J connectivity index is 2.06. The molecule has 1 aromatic rings. The lowest BCUT2D eigenvalue weighted by molar-refractivity contribution is 0.0691. The molecular formula is C15H24N4O2. The molecule has 2 rings (SSSR count). The lowest BCUT2D eigenvalue weighted by atomic mass is 9.99. The van der Waals surface area contributed by atoms with Crippen LogP contribution in [-0.4, -0.2) is 54.1 Å². The van der Waals surface area contributed by atoms with Crippen LogP contribution in [0.2, 0.25) is 0 Å². The normalized spacial score (nSPS) is 16.0. The number of piperidine rings is 1. The molecule has 1 aliphatic heterocycles. The number of ether oxygens (including phenoxy) is 1. The Kier molecular flexibility index (Phi) is 5.50. The maximum absolute atomic E-state index is 12.5. The van der Waals surface area contributed by atoms with Crippen LogP contribution in [0.25, 0.3) is 0 Å². The molecule has 116 valence electrons. The van der Waals surface area contributed by atoms with Gasteiger partial charge in [0.1, 0.15) is 17.3 Å². The van der Waals surface area contributed by atoms with Crippen LogP contribution < -0.4 is 5.32 Å². The largest absolute Gasteiger partial charge is 0.383 e. The smallest absolute Gasteiger partial charge is 0.272 e. The molecule has 0 bridgehead atoms. The highest BCUT2D eigenvalue weighted by molar-refractivity contribution is 5.93. The molecule has 6 heteroatoms. The molecule has 2 heterocycles. The Morgan fingerprint density at radius 1 is 1.43 bits per heavy atom. The molecule has 0 aliphatic carbocycles. The van der Waals surface area contributed by atoms with E-state index in [4.69, 9.17) is 4.74 Å². The molecule has 0 spiro atoms. The van der Waals surface area contributed by atoms with Gasteiger partial charge in [0.05, 0.1) is 6.61 Å². The fraction of sp³-hybridized carbons (Fsp3) is 0.667. The Labute approximate surface area is 125 Å². The molecule has 1 N–H and O–H groups in total. The average molecular weight is 292 g/mol. The van der Waals surface area contributed by atoms with Gasteiger partial charge < -0.3 is 15.0 Å². The van der Waals surface area contributed by atoms with Crippen molar-refractivity contribution in [2.75, 3.05) is 38.7 Å². The molecule has 1 amide bonds. The van der Waals surface area contributed by atoms with Gasteiger partial charge in [-0.1, -0.05) is 6.92 Å². The lowest BCUT2D eigenvalue weighted by Crippen LogP contribution is -2.38. The van der Waals surface area contributed by atoms with Crippen molar-refractivity contribution >= 4 is 11.7 Å². The third-order valence-electron chi connectivity index (χ3n) is 3.74. The molecular weight excluding hydrogens is 268 g/mol. The van der Waals surface area contributed by atoms with Crippen molar-refractivity contribution in [3.63, 3.8) is 0 Å². The minimum atomic E-state index is 0.00203. The van der Waals surface area contributed by atoms with Crippen molar-refractivity contribution in [2.45, 2.75) is 26.7 Å². The Morgan fingerprint density at radius 3 is 2.81 bits per heavy atom. The second-order valence-corrected chi connectivity index (χ2v) is 5.58. The summed E-state index contributed by atoms with van der Waals surface area (Å²) >= 11 is 0. The summed E-state index contributed by atoms with van der Waals surface area (Å²) in [6.07, 6.45) is 2.13. The Morgan fingerprint density at radius 2 is 2.14 bits per heavy atom. The first kappa shape index (κ1) is 15.7. The highest BCUT2D eigenvalue weighted by Crippen LogP contribution is 2.18. The van der Waals surface area contributed by atoms with E-state index in [2.05, 4.69) is 22.2 Å². The van der Waals surface area contributed by atoms with Crippen molar-refractivity contribution in [3.05, 3.63) is 17.6 Å². The van der Waals surface area contributed by atoms with Gasteiger partial charge in [-0.15, -0.1) is 0 Å². The van der Waals surface area contributed by atoms with E-state index >= 15 is 0 Å². The van der Waals surface area contributed by atoms with E-state index in [1.807, 2.05) is 4.90 Å². The number of likely N-dealkylation sites (tertiary alicyclic amines) is 1. The predicted octanol–water partition coefficient (Wildman–Crippen LogP) is 1.72. The maximum atomic E-state index is 12.5.